The second kappa shape index (κ2) is 6.38. The van der Waals surface area contributed by atoms with Crippen LogP contribution in [0.4, 0.5) is 0 Å². The molecule has 0 saturated heterocycles. The van der Waals surface area contributed by atoms with Crippen LogP contribution in [0.1, 0.15) is 19.6 Å². The molecule has 2 rings (SSSR count). The summed E-state index contributed by atoms with van der Waals surface area (Å²) in [6.45, 7) is 7.18. The van der Waals surface area contributed by atoms with Crippen molar-refractivity contribution in [3.8, 4) is 11.3 Å². The van der Waals surface area contributed by atoms with Gasteiger partial charge < -0.3 is 9.32 Å². The second-order valence-electron chi connectivity index (χ2n) is 4.46. The summed E-state index contributed by atoms with van der Waals surface area (Å²) in [5.41, 5.74) is 1.79. The van der Waals surface area contributed by atoms with Gasteiger partial charge in [0.05, 0.1) is 5.69 Å². The van der Waals surface area contributed by atoms with E-state index in [1.807, 2.05) is 30.3 Å². The third kappa shape index (κ3) is 3.35. The van der Waals surface area contributed by atoms with E-state index >= 15 is 0 Å². The third-order valence-corrected chi connectivity index (χ3v) is 3.33. The maximum absolute atomic E-state index is 11.4. The largest absolute Gasteiger partial charge is 0.416 e. The van der Waals surface area contributed by atoms with Crippen molar-refractivity contribution in [1.29, 1.82) is 0 Å². The van der Waals surface area contributed by atoms with Gasteiger partial charge in [-0.15, -0.1) is 0 Å². The molecule has 0 radical (unpaired) electrons. The molecular formula is C15H20N2O2. The minimum atomic E-state index is -0.381. The van der Waals surface area contributed by atoms with Crippen molar-refractivity contribution in [3.05, 3.63) is 46.6 Å². The number of nitrogens with one attached hydrogen (secondary N) is 1. The Balaban J connectivity index is 2.20. The molecule has 0 aliphatic rings. The first kappa shape index (κ1) is 13.6. The first-order chi connectivity index (χ1) is 9.24. The average molecular weight is 260 g/mol. The van der Waals surface area contributed by atoms with Gasteiger partial charge >= 0.3 is 5.76 Å². The van der Waals surface area contributed by atoms with E-state index in [1.165, 1.54) is 0 Å². The molecule has 0 spiro atoms. The van der Waals surface area contributed by atoms with Crippen LogP contribution in [0.3, 0.4) is 0 Å². The van der Waals surface area contributed by atoms with Crippen molar-refractivity contribution < 1.29 is 4.42 Å². The van der Waals surface area contributed by atoms with E-state index in [-0.39, 0.29) is 5.76 Å². The molecule has 0 atom stereocenters. The SMILES string of the molecule is CCN(CC)CCc1oc(=O)[nH]c1-c1ccccc1. The van der Waals surface area contributed by atoms with Crippen LogP contribution in [-0.2, 0) is 6.42 Å². The Bertz CT molecular complexity index is 553. The molecule has 0 amide bonds. The van der Waals surface area contributed by atoms with Crippen LogP contribution in [0.5, 0.6) is 0 Å². The second-order valence-corrected chi connectivity index (χ2v) is 4.46. The summed E-state index contributed by atoms with van der Waals surface area (Å²) in [6, 6.07) is 9.81. The van der Waals surface area contributed by atoms with Gasteiger partial charge in [-0.25, -0.2) is 4.79 Å². The molecule has 1 heterocycles. The van der Waals surface area contributed by atoms with Gasteiger partial charge in [0.2, 0.25) is 0 Å². The van der Waals surface area contributed by atoms with Gasteiger partial charge in [0.15, 0.2) is 0 Å². The number of hydrogen-bond donors (Lipinski definition) is 1. The fourth-order valence-corrected chi connectivity index (χ4v) is 2.17. The van der Waals surface area contributed by atoms with Gasteiger partial charge in [-0.05, 0) is 13.1 Å². The highest BCUT2D eigenvalue weighted by atomic mass is 16.4. The van der Waals surface area contributed by atoms with Crippen LogP contribution in [0.2, 0.25) is 0 Å². The normalized spacial score (nSPS) is 11.1. The van der Waals surface area contributed by atoms with Crippen molar-refractivity contribution in [2.45, 2.75) is 20.3 Å². The monoisotopic (exact) mass is 260 g/mol. The van der Waals surface area contributed by atoms with E-state index in [9.17, 15) is 4.79 Å². The van der Waals surface area contributed by atoms with Crippen LogP contribution in [0, 0.1) is 0 Å². The Morgan fingerprint density at radius 3 is 2.47 bits per heavy atom. The minimum absolute atomic E-state index is 0.381. The Labute approximate surface area is 113 Å². The molecule has 0 aliphatic carbocycles. The minimum Gasteiger partial charge on any atom is -0.412 e. The summed E-state index contributed by atoms with van der Waals surface area (Å²) < 4.78 is 5.27. The summed E-state index contributed by atoms with van der Waals surface area (Å²) >= 11 is 0. The van der Waals surface area contributed by atoms with Crippen LogP contribution < -0.4 is 5.76 Å². The zero-order chi connectivity index (χ0) is 13.7. The molecule has 0 saturated carbocycles. The fraction of sp³-hybridized carbons (Fsp3) is 0.400. The maximum Gasteiger partial charge on any atom is 0.416 e. The summed E-state index contributed by atoms with van der Waals surface area (Å²) in [5, 5.41) is 0. The lowest BCUT2D eigenvalue weighted by atomic mass is 10.1. The number of likely N-dealkylation sites (N-methyl/N-ethyl adjacent to an activating group) is 1. The first-order valence-corrected chi connectivity index (χ1v) is 6.74. The van der Waals surface area contributed by atoms with Gasteiger partial charge in [0.1, 0.15) is 5.76 Å². The predicted molar refractivity (Wildman–Crippen MR) is 76.3 cm³/mol. The molecule has 0 unspecified atom stereocenters. The van der Waals surface area contributed by atoms with E-state index in [1.54, 1.807) is 0 Å². The van der Waals surface area contributed by atoms with Crippen molar-refractivity contribution in [2.24, 2.45) is 0 Å². The average Bonchev–Trinajstić information content (AvgIpc) is 2.82. The highest BCUT2D eigenvalue weighted by Gasteiger charge is 2.12. The molecule has 0 fully saturated rings. The number of nitrogens with zero attached hydrogens (tertiary/aromatic N) is 1. The van der Waals surface area contributed by atoms with Crippen LogP contribution in [-0.4, -0.2) is 29.5 Å². The highest BCUT2D eigenvalue weighted by molar-refractivity contribution is 5.60. The smallest absolute Gasteiger partial charge is 0.412 e. The topological polar surface area (TPSA) is 49.2 Å². The maximum atomic E-state index is 11.4. The van der Waals surface area contributed by atoms with Gasteiger partial charge in [-0.3, -0.25) is 4.98 Å². The predicted octanol–water partition coefficient (Wildman–Crippen LogP) is 2.52. The number of hydrogen-bond acceptors (Lipinski definition) is 3. The number of rotatable bonds is 6. The number of H-pyrrole nitrogens is 1. The summed E-state index contributed by atoms with van der Waals surface area (Å²) in [5.74, 6) is 0.358. The number of aromatic nitrogens is 1. The van der Waals surface area contributed by atoms with E-state index in [0.717, 1.165) is 43.1 Å². The molecule has 1 aromatic carbocycles. The lowest BCUT2D eigenvalue weighted by Gasteiger charge is -2.16. The van der Waals surface area contributed by atoms with Crippen LogP contribution >= 0.6 is 0 Å². The summed E-state index contributed by atoms with van der Waals surface area (Å²) in [4.78, 5) is 16.5. The first-order valence-electron chi connectivity index (χ1n) is 6.74. The number of benzene rings is 1. The molecular weight excluding hydrogens is 240 g/mol. The fourth-order valence-electron chi connectivity index (χ4n) is 2.17. The molecule has 0 bridgehead atoms. The van der Waals surface area contributed by atoms with E-state index in [0.29, 0.717) is 0 Å². The van der Waals surface area contributed by atoms with Crippen molar-refractivity contribution >= 4 is 0 Å². The molecule has 1 aromatic heterocycles. The Morgan fingerprint density at radius 1 is 1.16 bits per heavy atom. The standard InChI is InChI=1S/C15H20N2O2/c1-3-17(4-2)11-10-13-14(16-15(18)19-13)12-8-6-5-7-9-12/h5-9H,3-4,10-11H2,1-2H3,(H,16,18). The molecule has 0 aliphatic heterocycles. The Morgan fingerprint density at radius 2 is 1.84 bits per heavy atom. The molecule has 4 nitrogen and oxygen atoms in total. The molecule has 2 aromatic rings. The lowest BCUT2D eigenvalue weighted by Crippen LogP contribution is -2.25. The van der Waals surface area contributed by atoms with Gasteiger partial charge in [0.25, 0.3) is 0 Å². The zero-order valence-corrected chi connectivity index (χ0v) is 11.5. The van der Waals surface area contributed by atoms with E-state index in [4.69, 9.17) is 4.42 Å². The van der Waals surface area contributed by atoms with Gasteiger partial charge in [-0.2, -0.15) is 0 Å². The zero-order valence-electron chi connectivity index (χ0n) is 11.5. The lowest BCUT2D eigenvalue weighted by molar-refractivity contribution is 0.297. The summed E-state index contributed by atoms with van der Waals surface area (Å²) in [6.07, 6.45) is 0.741. The van der Waals surface area contributed by atoms with Crippen molar-refractivity contribution in [3.63, 3.8) is 0 Å². The van der Waals surface area contributed by atoms with Gasteiger partial charge in [-0.1, -0.05) is 44.2 Å². The molecule has 4 heteroatoms. The summed E-state index contributed by atoms with van der Waals surface area (Å²) in [7, 11) is 0. The third-order valence-electron chi connectivity index (χ3n) is 3.33. The Kier molecular flexibility index (Phi) is 4.58. The highest BCUT2D eigenvalue weighted by Crippen LogP contribution is 2.20. The van der Waals surface area contributed by atoms with E-state index in [2.05, 4.69) is 23.7 Å². The molecule has 102 valence electrons. The van der Waals surface area contributed by atoms with Crippen LogP contribution in [0.15, 0.2) is 39.5 Å². The van der Waals surface area contributed by atoms with Crippen molar-refractivity contribution in [2.75, 3.05) is 19.6 Å². The number of oxazole rings is 1. The van der Waals surface area contributed by atoms with Crippen molar-refractivity contribution in [1.82, 2.24) is 9.88 Å². The molecule has 1 N–H and O–H groups in total. The molecule has 19 heavy (non-hydrogen) atoms. The van der Waals surface area contributed by atoms with Gasteiger partial charge in [0, 0.05) is 18.5 Å². The van der Waals surface area contributed by atoms with E-state index < -0.39 is 0 Å². The quantitative estimate of drug-likeness (QED) is 0.868. The Hall–Kier alpha value is -1.81. The van der Waals surface area contributed by atoms with Crippen LogP contribution in [0.25, 0.3) is 11.3 Å². The number of aromatic amines is 1.